The molecule has 0 fully saturated rings. The van der Waals surface area contributed by atoms with Gasteiger partial charge < -0.3 is 0 Å². The van der Waals surface area contributed by atoms with Gasteiger partial charge in [0, 0.05) is 16.7 Å². The van der Waals surface area contributed by atoms with E-state index >= 15 is 0 Å². The van der Waals surface area contributed by atoms with E-state index in [9.17, 15) is 0 Å². The summed E-state index contributed by atoms with van der Waals surface area (Å²) in [5.74, 6) is 1.74. The van der Waals surface area contributed by atoms with Crippen molar-refractivity contribution in [2.24, 2.45) is 0 Å². The molecule has 0 radical (unpaired) electrons. The van der Waals surface area contributed by atoms with E-state index in [0.29, 0.717) is 23.2 Å². The summed E-state index contributed by atoms with van der Waals surface area (Å²) in [6, 6.07) is 40.9. The summed E-state index contributed by atoms with van der Waals surface area (Å²) in [5, 5.41) is 0. The summed E-state index contributed by atoms with van der Waals surface area (Å²) in [6.45, 7) is 7.81. The first-order chi connectivity index (χ1) is 19.2. The lowest BCUT2D eigenvalue weighted by Gasteiger charge is -2.11. The summed E-state index contributed by atoms with van der Waals surface area (Å²) in [4.78, 5) is 18.3. The molecule has 0 N–H and O–H groups in total. The Morgan fingerprint density at radius 2 is 1.03 bits per heavy atom. The second-order valence-corrected chi connectivity index (χ2v) is 9.62. The van der Waals surface area contributed by atoms with Gasteiger partial charge in [0.05, 0.1) is 6.57 Å². The SMILES string of the molecule is [C-]#[N+]c1cc(-c2ccc3c(c2)-c2ccccc2C3)cc(-c2nc(-c3ccccc3)nc(-c3ccccc3)n2)c1. The van der Waals surface area contributed by atoms with Crippen molar-refractivity contribution in [2.75, 3.05) is 0 Å². The van der Waals surface area contributed by atoms with E-state index in [-0.39, 0.29) is 0 Å². The molecule has 4 nitrogen and oxygen atoms in total. The van der Waals surface area contributed by atoms with Crippen LogP contribution < -0.4 is 0 Å². The molecule has 0 aliphatic heterocycles. The maximum absolute atomic E-state index is 7.81. The van der Waals surface area contributed by atoms with Gasteiger partial charge in [-0.1, -0.05) is 97.1 Å². The number of rotatable bonds is 4. The van der Waals surface area contributed by atoms with Crippen LogP contribution in [0.5, 0.6) is 0 Å². The summed E-state index contributed by atoms with van der Waals surface area (Å²) >= 11 is 0. The average Bonchev–Trinajstić information content (AvgIpc) is 3.39. The van der Waals surface area contributed by atoms with E-state index in [2.05, 4.69) is 53.4 Å². The van der Waals surface area contributed by atoms with Gasteiger partial charge in [-0.15, -0.1) is 0 Å². The van der Waals surface area contributed by atoms with Gasteiger partial charge in [-0.25, -0.2) is 19.8 Å². The molecule has 1 heterocycles. The maximum Gasteiger partial charge on any atom is 0.188 e. The van der Waals surface area contributed by atoms with Crippen LogP contribution in [0.15, 0.2) is 121 Å². The molecule has 5 aromatic carbocycles. The molecule has 1 aliphatic rings. The minimum absolute atomic E-state index is 0.543. The molecular weight excluding hydrogens is 476 g/mol. The van der Waals surface area contributed by atoms with Crippen LogP contribution in [-0.4, -0.2) is 15.0 Å². The lowest BCUT2D eigenvalue weighted by Crippen LogP contribution is -2.00. The Morgan fingerprint density at radius 3 is 1.69 bits per heavy atom. The van der Waals surface area contributed by atoms with Crippen LogP contribution in [0, 0.1) is 6.57 Å². The highest BCUT2D eigenvalue weighted by molar-refractivity contribution is 5.84. The van der Waals surface area contributed by atoms with Crippen molar-refractivity contribution in [3.8, 4) is 56.4 Å². The molecule has 39 heavy (non-hydrogen) atoms. The van der Waals surface area contributed by atoms with Crippen LogP contribution in [0.25, 0.3) is 61.3 Å². The van der Waals surface area contributed by atoms with Gasteiger partial charge in [-0.05, 0) is 64.1 Å². The highest BCUT2D eigenvalue weighted by Gasteiger charge is 2.19. The Hall–Kier alpha value is -5.40. The van der Waals surface area contributed by atoms with Crippen LogP contribution in [-0.2, 0) is 6.42 Å². The van der Waals surface area contributed by atoms with Crippen molar-refractivity contribution in [3.05, 3.63) is 144 Å². The van der Waals surface area contributed by atoms with Gasteiger partial charge in [0.1, 0.15) is 0 Å². The minimum Gasteiger partial charge on any atom is -0.238 e. The van der Waals surface area contributed by atoms with Gasteiger partial charge in [0.2, 0.25) is 0 Å². The third kappa shape index (κ3) is 4.27. The first-order valence-corrected chi connectivity index (χ1v) is 12.9. The predicted molar refractivity (Wildman–Crippen MR) is 156 cm³/mol. The second kappa shape index (κ2) is 9.48. The van der Waals surface area contributed by atoms with Gasteiger partial charge in [0.15, 0.2) is 23.2 Å². The Balaban J connectivity index is 1.39. The molecule has 6 aromatic rings. The summed E-state index contributed by atoms with van der Waals surface area (Å²) in [7, 11) is 0. The molecule has 0 saturated heterocycles. The number of fused-ring (bicyclic) bond motifs is 3. The third-order valence-corrected chi connectivity index (χ3v) is 7.14. The van der Waals surface area contributed by atoms with E-state index in [1.165, 1.54) is 22.3 Å². The number of hydrogen-bond acceptors (Lipinski definition) is 3. The topological polar surface area (TPSA) is 43.0 Å². The summed E-state index contributed by atoms with van der Waals surface area (Å²) in [5.41, 5.74) is 10.4. The Kier molecular flexibility index (Phi) is 5.53. The number of nitrogens with zero attached hydrogens (tertiary/aromatic N) is 4. The van der Waals surface area contributed by atoms with Crippen molar-refractivity contribution < 1.29 is 0 Å². The van der Waals surface area contributed by atoms with Crippen molar-refractivity contribution in [1.29, 1.82) is 0 Å². The van der Waals surface area contributed by atoms with Crippen LogP contribution >= 0.6 is 0 Å². The first-order valence-electron chi connectivity index (χ1n) is 12.9. The molecule has 1 aromatic heterocycles. The van der Waals surface area contributed by atoms with Crippen LogP contribution in [0.2, 0.25) is 0 Å². The smallest absolute Gasteiger partial charge is 0.188 e. The molecule has 0 saturated carbocycles. The fourth-order valence-corrected chi connectivity index (χ4v) is 5.21. The molecule has 4 heteroatoms. The average molecular weight is 499 g/mol. The van der Waals surface area contributed by atoms with Gasteiger partial charge in [-0.3, -0.25) is 0 Å². The summed E-state index contributed by atoms with van der Waals surface area (Å²) < 4.78 is 0. The normalized spacial score (nSPS) is 11.5. The van der Waals surface area contributed by atoms with E-state index < -0.39 is 0 Å². The number of aromatic nitrogens is 3. The van der Waals surface area contributed by atoms with Gasteiger partial charge in [0.25, 0.3) is 0 Å². The zero-order chi connectivity index (χ0) is 26.2. The van der Waals surface area contributed by atoms with Crippen molar-refractivity contribution >= 4 is 5.69 Å². The van der Waals surface area contributed by atoms with E-state index in [4.69, 9.17) is 21.5 Å². The standard InChI is InChI=1S/C35H22N4/c1-36-30-20-28(25-16-17-27-18-26-14-8-9-15-31(26)32(27)22-25)19-29(21-30)35-38-33(23-10-4-2-5-11-23)37-34(39-35)24-12-6-3-7-13-24/h2-17,19-22H,18H2. The number of benzene rings is 5. The molecule has 0 atom stereocenters. The molecule has 0 bridgehead atoms. The maximum atomic E-state index is 7.81. The second-order valence-electron chi connectivity index (χ2n) is 9.62. The molecule has 0 unspecified atom stereocenters. The predicted octanol–water partition coefficient (Wildman–Crippen LogP) is 8.66. The molecule has 7 rings (SSSR count). The highest BCUT2D eigenvalue weighted by atomic mass is 15.0. The Morgan fingerprint density at radius 1 is 0.462 bits per heavy atom. The summed E-state index contributed by atoms with van der Waals surface area (Å²) in [6.07, 6.45) is 0.953. The van der Waals surface area contributed by atoms with Crippen molar-refractivity contribution in [3.63, 3.8) is 0 Å². The molecule has 182 valence electrons. The number of hydrogen-bond donors (Lipinski definition) is 0. The molecule has 0 amide bonds. The van der Waals surface area contributed by atoms with E-state index in [1.807, 2.05) is 72.8 Å². The third-order valence-electron chi connectivity index (χ3n) is 7.14. The lowest BCUT2D eigenvalue weighted by atomic mass is 9.97. The lowest BCUT2D eigenvalue weighted by molar-refractivity contribution is 1.07. The largest absolute Gasteiger partial charge is 0.238 e. The van der Waals surface area contributed by atoms with Crippen LogP contribution in [0.3, 0.4) is 0 Å². The zero-order valence-corrected chi connectivity index (χ0v) is 21.0. The minimum atomic E-state index is 0.543. The van der Waals surface area contributed by atoms with Crippen LogP contribution in [0.4, 0.5) is 5.69 Å². The van der Waals surface area contributed by atoms with Crippen molar-refractivity contribution in [1.82, 2.24) is 15.0 Å². The first kappa shape index (κ1) is 22.8. The fraction of sp³-hybridized carbons (Fsp3) is 0.0286. The van der Waals surface area contributed by atoms with E-state index in [1.54, 1.807) is 0 Å². The quantitative estimate of drug-likeness (QED) is 0.228. The van der Waals surface area contributed by atoms with Crippen LogP contribution in [0.1, 0.15) is 11.1 Å². The highest BCUT2D eigenvalue weighted by Crippen LogP contribution is 2.40. The van der Waals surface area contributed by atoms with E-state index in [0.717, 1.165) is 34.2 Å². The van der Waals surface area contributed by atoms with Gasteiger partial charge >= 0.3 is 0 Å². The van der Waals surface area contributed by atoms with Gasteiger partial charge in [-0.2, -0.15) is 0 Å². The molecular formula is C35H22N4. The Labute approximate surface area is 227 Å². The molecule has 0 spiro atoms. The molecule has 1 aliphatic carbocycles. The fourth-order valence-electron chi connectivity index (χ4n) is 5.21. The van der Waals surface area contributed by atoms with Crippen molar-refractivity contribution in [2.45, 2.75) is 6.42 Å². The monoisotopic (exact) mass is 498 g/mol. The Bertz CT molecular complexity index is 1830. The zero-order valence-electron chi connectivity index (χ0n) is 21.0.